The highest BCUT2D eigenvalue weighted by Gasteiger charge is 2.33. The van der Waals surface area contributed by atoms with Crippen LogP contribution in [0.4, 0.5) is 15.8 Å². The molecule has 0 bridgehead atoms. The number of hydrogen-bond acceptors (Lipinski definition) is 7. The van der Waals surface area contributed by atoms with Gasteiger partial charge in [-0.1, -0.05) is 0 Å². The third kappa shape index (κ3) is 4.85. The molecule has 0 aliphatic carbocycles. The molecule has 1 amide bonds. The monoisotopic (exact) mass is 489 g/mol. The molecule has 5 rings (SSSR count). The van der Waals surface area contributed by atoms with Gasteiger partial charge in [-0.3, -0.25) is 9.69 Å². The molecular weight excluding hydrogens is 465 g/mol. The number of sulfonamides is 1. The second-order valence-corrected chi connectivity index (χ2v) is 10.9. The average Bonchev–Trinajstić information content (AvgIpc) is 3.15. The van der Waals surface area contributed by atoms with E-state index in [2.05, 4.69) is 19.5 Å². The fraction of sp³-hybridized carbons (Fsp3) is 0.364. The Kier molecular flexibility index (Phi) is 6.02. The van der Waals surface area contributed by atoms with Gasteiger partial charge in [-0.05, 0) is 54.2 Å². The molecule has 0 saturated carbocycles. The second-order valence-electron chi connectivity index (χ2n) is 8.16. The standard InChI is InChI=1S/C22H24FN5O3S2/c23-17-2-4-18(5-3-17)27-11-9-26(10-12-27)8-7-24-21(29)16-1-6-19-20(15-16)32-22-25-33(30,31)14-13-28(19)22/h1-6,15H,7-14H2,(H,24,29). The number of thioether (sulfide) groups is 1. The Labute approximate surface area is 196 Å². The van der Waals surface area contributed by atoms with Crippen LogP contribution in [0.1, 0.15) is 10.4 Å². The minimum Gasteiger partial charge on any atom is -0.369 e. The van der Waals surface area contributed by atoms with Crippen molar-refractivity contribution in [3.63, 3.8) is 0 Å². The summed E-state index contributed by atoms with van der Waals surface area (Å²) in [5.74, 6) is -0.382. The van der Waals surface area contributed by atoms with Crippen molar-refractivity contribution in [2.45, 2.75) is 4.90 Å². The number of carbonyl (C=O) groups excluding carboxylic acids is 1. The Balaban J connectivity index is 1.11. The Morgan fingerprint density at radius 2 is 1.82 bits per heavy atom. The number of hydrogen-bond donors (Lipinski definition) is 1. The maximum absolute atomic E-state index is 13.1. The fourth-order valence-corrected chi connectivity index (χ4v) is 6.48. The van der Waals surface area contributed by atoms with Crippen LogP contribution in [0.15, 0.2) is 51.8 Å². The zero-order valence-corrected chi connectivity index (χ0v) is 19.5. The Hall–Kier alpha value is -2.63. The molecule has 0 atom stereocenters. The van der Waals surface area contributed by atoms with Crippen LogP contribution in [0.3, 0.4) is 0 Å². The van der Waals surface area contributed by atoms with Crippen LogP contribution in [0, 0.1) is 5.82 Å². The first kappa shape index (κ1) is 22.2. The molecule has 33 heavy (non-hydrogen) atoms. The number of benzene rings is 2. The smallest absolute Gasteiger partial charge is 0.257 e. The van der Waals surface area contributed by atoms with Gasteiger partial charge in [0.1, 0.15) is 5.82 Å². The molecular formula is C22H24FN5O3S2. The molecule has 1 fully saturated rings. The van der Waals surface area contributed by atoms with Gasteiger partial charge < -0.3 is 15.1 Å². The fourth-order valence-electron chi connectivity index (χ4n) is 4.18. The van der Waals surface area contributed by atoms with Crippen LogP contribution < -0.4 is 15.1 Å². The molecule has 3 aliphatic rings. The van der Waals surface area contributed by atoms with Crippen LogP contribution in [0.2, 0.25) is 0 Å². The summed E-state index contributed by atoms with van der Waals surface area (Å²) in [7, 11) is -3.40. The van der Waals surface area contributed by atoms with Gasteiger partial charge in [0.15, 0.2) is 5.17 Å². The molecule has 1 saturated heterocycles. The van der Waals surface area contributed by atoms with Crippen LogP contribution in [-0.4, -0.2) is 76.0 Å². The van der Waals surface area contributed by atoms with Gasteiger partial charge in [0.25, 0.3) is 15.9 Å². The van der Waals surface area contributed by atoms with Crippen molar-refractivity contribution in [2.75, 3.05) is 61.4 Å². The number of amidine groups is 1. The maximum atomic E-state index is 13.1. The molecule has 174 valence electrons. The number of carbonyl (C=O) groups is 1. The van der Waals surface area contributed by atoms with Gasteiger partial charge in [0.05, 0.1) is 11.4 Å². The SMILES string of the molecule is O=C(NCCN1CCN(c2ccc(F)cc2)CC1)c1ccc2c(c1)SC1=NS(=O)(=O)CCN12. The highest BCUT2D eigenvalue weighted by molar-refractivity contribution is 8.15. The summed E-state index contributed by atoms with van der Waals surface area (Å²) >= 11 is 1.28. The minimum atomic E-state index is -3.40. The maximum Gasteiger partial charge on any atom is 0.257 e. The number of rotatable bonds is 5. The molecule has 1 N–H and O–H groups in total. The number of halogens is 1. The molecule has 2 aromatic carbocycles. The summed E-state index contributed by atoms with van der Waals surface area (Å²) in [6.07, 6.45) is 0. The Morgan fingerprint density at radius 3 is 2.58 bits per heavy atom. The highest BCUT2D eigenvalue weighted by Crippen LogP contribution is 2.42. The molecule has 0 radical (unpaired) electrons. The summed E-state index contributed by atoms with van der Waals surface area (Å²) in [6, 6.07) is 12.0. The third-order valence-electron chi connectivity index (χ3n) is 6.01. The largest absolute Gasteiger partial charge is 0.369 e. The predicted molar refractivity (Wildman–Crippen MR) is 128 cm³/mol. The third-order valence-corrected chi connectivity index (χ3v) is 8.32. The number of nitrogens with zero attached hydrogens (tertiary/aromatic N) is 4. The first-order valence-electron chi connectivity index (χ1n) is 10.8. The van der Waals surface area contributed by atoms with Crippen molar-refractivity contribution in [1.29, 1.82) is 0 Å². The van der Waals surface area contributed by atoms with Gasteiger partial charge >= 0.3 is 0 Å². The van der Waals surface area contributed by atoms with E-state index in [4.69, 9.17) is 0 Å². The lowest BCUT2D eigenvalue weighted by molar-refractivity contribution is 0.0947. The topological polar surface area (TPSA) is 85.3 Å². The van der Waals surface area contributed by atoms with E-state index in [1.165, 1.54) is 23.9 Å². The van der Waals surface area contributed by atoms with Crippen molar-refractivity contribution in [1.82, 2.24) is 10.2 Å². The number of fused-ring (bicyclic) bond motifs is 3. The Morgan fingerprint density at radius 1 is 1.06 bits per heavy atom. The van der Waals surface area contributed by atoms with Gasteiger partial charge in [-0.25, -0.2) is 12.8 Å². The first-order chi connectivity index (χ1) is 15.9. The zero-order chi connectivity index (χ0) is 23.0. The van der Waals surface area contributed by atoms with Gasteiger partial charge in [-0.2, -0.15) is 0 Å². The average molecular weight is 490 g/mol. The number of nitrogens with one attached hydrogen (secondary N) is 1. The van der Waals surface area contributed by atoms with E-state index >= 15 is 0 Å². The lowest BCUT2D eigenvalue weighted by Gasteiger charge is -2.36. The summed E-state index contributed by atoms with van der Waals surface area (Å²) in [4.78, 5) is 19.9. The van der Waals surface area contributed by atoms with E-state index in [0.29, 0.717) is 23.8 Å². The molecule has 8 nitrogen and oxygen atoms in total. The van der Waals surface area contributed by atoms with Crippen molar-refractivity contribution in [2.24, 2.45) is 4.40 Å². The Bertz CT molecular complexity index is 1200. The van der Waals surface area contributed by atoms with E-state index in [1.54, 1.807) is 24.3 Å². The van der Waals surface area contributed by atoms with Crippen molar-refractivity contribution < 1.29 is 17.6 Å². The van der Waals surface area contributed by atoms with E-state index in [9.17, 15) is 17.6 Å². The predicted octanol–water partition coefficient (Wildman–Crippen LogP) is 1.99. The first-order valence-corrected chi connectivity index (χ1v) is 13.2. The summed E-state index contributed by atoms with van der Waals surface area (Å²) in [5.41, 5.74) is 2.47. The van der Waals surface area contributed by atoms with E-state index in [-0.39, 0.29) is 17.5 Å². The van der Waals surface area contributed by atoms with Crippen LogP contribution in [0.25, 0.3) is 0 Å². The number of anilines is 2. The van der Waals surface area contributed by atoms with Gasteiger partial charge in [-0.15, -0.1) is 4.40 Å². The minimum absolute atomic E-state index is 0.00308. The normalized spacial score (nSPS) is 19.6. The lowest BCUT2D eigenvalue weighted by Crippen LogP contribution is -2.48. The number of piperazine rings is 1. The van der Waals surface area contributed by atoms with Crippen molar-refractivity contribution >= 4 is 44.2 Å². The van der Waals surface area contributed by atoms with Gasteiger partial charge in [0.2, 0.25) is 0 Å². The van der Waals surface area contributed by atoms with E-state index < -0.39 is 10.0 Å². The van der Waals surface area contributed by atoms with Crippen molar-refractivity contribution in [3.05, 3.63) is 53.8 Å². The summed E-state index contributed by atoms with van der Waals surface area (Å²) < 4.78 is 40.5. The molecule has 0 unspecified atom stereocenters. The van der Waals surface area contributed by atoms with Crippen LogP contribution in [-0.2, 0) is 10.0 Å². The molecule has 0 spiro atoms. The van der Waals surface area contributed by atoms with E-state index in [0.717, 1.165) is 49.0 Å². The summed E-state index contributed by atoms with van der Waals surface area (Å²) in [6.45, 7) is 5.14. The lowest BCUT2D eigenvalue weighted by atomic mass is 10.2. The quantitative estimate of drug-likeness (QED) is 0.688. The molecule has 0 aromatic heterocycles. The van der Waals surface area contributed by atoms with E-state index in [1.807, 2.05) is 11.0 Å². The molecule has 2 aromatic rings. The van der Waals surface area contributed by atoms with Crippen molar-refractivity contribution in [3.8, 4) is 0 Å². The van der Waals surface area contributed by atoms with Gasteiger partial charge in [0, 0.05) is 62.0 Å². The molecule has 11 heteroatoms. The van der Waals surface area contributed by atoms with Crippen LogP contribution in [0.5, 0.6) is 0 Å². The highest BCUT2D eigenvalue weighted by atomic mass is 32.2. The summed E-state index contributed by atoms with van der Waals surface area (Å²) in [5, 5.41) is 3.43. The number of amides is 1. The molecule has 3 aliphatic heterocycles. The van der Waals surface area contributed by atoms with Crippen LogP contribution >= 0.6 is 11.8 Å². The molecule has 3 heterocycles. The zero-order valence-electron chi connectivity index (χ0n) is 17.9. The second kappa shape index (κ2) is 8.96.